The van der Waals surface area contributed by atoms with Gasteiger partial charge < -0.3 is 25.4 Å². The SMILES string of the molecule is CC(C)CCN1CC(=O)NC2(CCCc3ccccc32)C(=O)NCCN(C(=O)c2ccc[nH]2)CCCC1=O. The van der Waals surface area contributed by atoms with Crippen molar-refractivity contribution in [3.05, 3.63) is 59.4 Å². The first-order chi connectivity index (χ1) is 18.3. The number of nitrogens with zero attached hydrogens (tertiary/aromatic N) is 2. The van der Waals surface area contributed by atoms with Crippen molar-refractivity contribution < 1.29 is 19.2 Å². The highest BCUT2D eigenvalue weighted by Gasteiger charge is 2.44. The Kier molecular flexibility index (Phi) is 8.86. The fourth-order valence-electron chi connectivity index (χ4n) is 5.40. The summed E-state index contributed by atoms with van der Waals surface area (Å²) in [5, 5.41) is 6.07. The molecule has 1 atom stereocenters. The van der Waals surface area contributed by atoms with Crippen molar-refractivity contribution in [3.8, 4) is 0 Å². The third-order valence-electron chi connectivity index (χ3n) is 7.48. The molecular formula is C29H39N5O4. The lowest BCUT2D eigenvalue weighted by Crippen LogP contribution is -2.60. The van der Waals surface area contributed by atoms with Gasteiger partial charge in [0.05, 0.1) is 6.54 Å². The number of hydrogen-bond donors (Lipinski definition) is 3. The van der Waals surface area contributed by atoms with Gasteiger partial charge in [-0.1, -0.05) is 38.1 Å². The summed E-state index contributed by atoms with van der Waals surface area (Å²) in [4.78, 5) is 59.8. The minimum atomic E-state index is -1.23. The molecule has 4 amide bonds. The van der Waals surface area contributed by atoms with Gasteiger partial charge >= 0.3 is 0 Å². The third-order valence-corrected chi connectivity index (χ3v) is 7.48. The maximum Gasteiger partial charge on any atom is 0.270 e. The Morgan fingerprint density at radius 2 is 1.84 bits per heavy atom. The molecule has 3 N–H and O–H groups in total. The third kappa shape index (κ3) is 6.26. The van der Waals surface area contributed by atoms with Crippen molar-refractivity contribution >= 4 is 23.6 Å². The molecule has 1 aromatic carbocycles. The number of nitrogens with one attached hydrogen (secondary N) is 3. The summed E-state index contributed by atoms with van der Waals surface area (Å²) >= 11 is 0. The van der Waals surface area contributed by atoms with Gasteiger partial charge in [-0.2, -0.15) is 0 Å². The molecule has 1 fully saturated rings. The van der Waals surface area contributed by atoms with Crippen molar-refractivity contribution in [2.45, 2.75) is 57.9 Å². The van der Waals surface area contributed by atoms with E-state index in [9.17, 15) is 19.2 Å². The Morgan fingerprint density at radius 3 is 2.61 bits per heavy atom. The molecule has 1 aliphatic heterocycles. The quantitative estimate of drug-likeness (QED) is 0.574. The lowest BCUT2D eigenvalue weighted by molar-refractivity contribution is -0.139. The molecule has 0 radical (unpaired) electrons. The van der Waals surface area contributed by atoms with Crippen molar-refractivity contribution in [3.63, 3.8) is 0 Å². The number of H-pyrrole nitrogens is 1. The summed E-state index contributed by atoms with van der Waals surface area (Å²) < 4.78 is 0. The summed E-state index contributed by atoms with van der Waals surface area (Å²) in [6.45, 7) is 5.42. The molecule has 1 aromatic heterocycles. The van der Waals surface area contributed by atoms with Crippen LogP contribution in [0, 0.1) is 5.92 Å². The Labute approximate surface area is 224 Å². The molecule has 1 saturated heterocycles. The topological polar surface area (TPSA) is 115 Å². The predicted octanol–water partition coefficient (Wildman–Crippen LogP) is 2.59. The first kappa shape index (κ1) is 27.4. The zero-order valence-electron chi connectivity index (χ0n) is 22.4. The van der Waals surface area contributed by atoms with Crippen LogP contribution in [0.15, 0.2) is 42.6 Å². The van der Waals surface area contributed by atoms with Crippen molar-refractivity contribution in [2.75, 3.05) is 32.7 Å². The van der Waals surface area contributed by atoms with Gasteiger partial charge in [-0.15, -0.1) is 0 Å². The van der Waals surface area contributed by atoms with Gasteiger partial charge in [-0.3, -0.25) is 19.2 Å². The largest absolute Gasteiger partial charge is 0.357 e. The number of hydrogen-bond acceptors (Lipinski definition) is 4. The number of fused-ring (bicyclic) bond motifs is 2. The number of aromatic nitrogens is 1. The molecule has 2 heterocycles. The van der Waals surface area contributed by atoms with Crippen molar-refractivity contribution in [2.24, 2.45) is 5.92 Å². The second-order valence-corrected chi connectivity index (χ2v) is 10.7. The van der Waals surface area contributed by atoms with Crippen molar-refractivity contribution in [1.29, 1.82) is 0 Å². The first-order valence-corrected chi connectivity index (χ1v) is 13.7. The highest BCUT2D eigenvalue weighted by molar-refractivity contribution is 5.95. The monoisotopic (exact) mass is 521 g/mol. The smallest absolute Gasteiger partial charge is 0.270 e. The standard InChI is InChI=1S/C29H39N5O4/c1-21(2)13-18-34-20-25(35)32-29(14-5-9-22-8-3-4-10-23(22)29)28(38)31-16-19-33(17-7-12-26(34)36)27(37)24-11-6-15-30-24/h3-4,6,8,10-11,15,21,30H,5,7,9,12-14,16-20H2,1-2H3,(H,31,38)(H,32,35). The number of amides is 4. The van der Waals surface area contributed by atoms with Crippen LogP contribution in [0.1, 0.15) is 67.6 Å². The molecule has 2 aliphatic rings. The van der Waals surface area contributed by atoms with Gasteiger partial charge in [0.25, 0.3) is 11.8 Å². The molecule has 4 rings (SSSR count). The molecule has 2 aromatic rings. The van der Waals surface area contributed by atoms with E-state index in [4.69, 9.17) is 0 Å². The van der Waals surface area contributed by atoms with Gasteiger partial charge in [0.2, 0.25) is 11.8 Å². The molecule has 38 heavy (non-hydrogen) atoms. The van der Waals surface area contributed by atoms with E-state index in [1.807, 2.05) is 24.3 Å². The fraction of sp³-hybridized carbons (Fsp3) is 0.517. The molecule has 0 bridgehead atoms. The Morgan fingerprint density at radius 1 is 1.03 bits per heavy atom. The van der Waals surface area contributed by atoms with E-state index < -0.39 is 5.54 Å². The van der Waals surface area contributed by atoms with E-state index in [2.05, 4.69) is 29.5 Å². The lowest BCUT2D eigenvalue weighted by atomic mass is 9.75. The highest BCUT2D eigenvalue weighted by atomic mass is 16.2. The molecule has 0 saturated carbocycles. The lowest BCUT2D eigenvalue weighted by Gasteiger charge is -2.39. The van der Waals surface area contributed by atoms with Crippen LogP contribution in [-0.4, -0.2) is 71.1 Å². The van der Waals surface area contributed by atoms with Gasteiger partial charge in [0, 0.05) is 38.8 Å². The van der Waals surface area contributed by atoms with Crippen LogP contribution in [0.4, 0.5) is 0 Å². The normalized spacial score (nSPS) is 21.6. The van der Waals surface area contributed by atoms with E-state index in [1.165, 1.54) is 0 Å². The minimum absolute atomic E-state index is 0.103. The fourth-order valence-corrected chi connectivity index (χ4v) is 5.40. The minimum Gasteiger partial charge on any atom is -0.357 e. The van der Waals surface area contributed by atoms with Gasteiger partial charge in [0.1, 0.15) is 11.2 Å². The first-order valence-electron chi connectivity index (χ1n) is 13.7. The van der Waals surface area contributed by atoms with Crippen molar-refractivity contribution in [1.82, 2.24) is 25.4 Å². The zero-order valence-corrected chi connectivity index (χ0v) is 22.4. The zero-order chi connectivity index (χ0) is 27.1. The maximum absolute atomic E-state index is 13.8. The van der Waals surface area contributed by atoms with Crippen LogP contribution in [0.2, 0.25) is 0 Å². The van der Waals surface area contributed by atoms with E-state index >= 15 is 0 Å². The molecule has 9 heteroatoms. The predicted molar refractivity (Wildman–Crippen MR) is 144 cm³/mol. The van der Waals surface area contributed by atoms with Gasteiger partial charge in [0.15, 0.2) is 0 Å². The summed E-state index contributed by atoms with van der Waals surface area (Å²) in [5.41, 5.74) is 1.07. The van der Waals surface area contributed by atoms with Crippen LogP contribution in [0.25, 0.3) is 0 Å². The molecule has 1 aliphatic carbocycles. The van der Waals surface area contributed by atoms with Crippen LogP contribution in [-0.2, 0) is 26.3 Å². The molecular weight excluding hydrogens is 482 g/mol. The summed E-state index contributed by atoms with van der Waals surface area (Å²) in [5.74, 6) is -0.550. The average molecular weight is 522 g/mol. The summed E-state index contributed by atoms with van der Waals surface area (Å²) in [7, 11) is 0. The van der Waals surface area contributed by atoms with E-state index in [-0.39, 0.29) is 43.1 Å². The van der Waals surface area contributed by atoms with Crippen LogP contribution in [0.3, 0.4) is 0 Å². The second kappa shape index (κ2) is 12.3. The number of aromatic amines is 1. The molecule has 9 nitrogen and oxygen atoms in total. The molecule has 1 spiro atoms. The van der Waals surface area contributed by atoms with E-state index in [1.54, 1.807) is 28.1 Å². The van der Waals surface area contributed by atoms with Crippen LogP contribution >= 0.6 is 0 Å². The van der Waals surface area contributed by atoms with Crippen LogP contribution < -0.4 is 10.6 Å². The molecule has 1 unspecified atom stereocenters. The Balaban J connectivity index is 1.64. The highest BCUT2D eigenvalue weighted by Crippen LogP contribution is 2.35. The Bertz CT molecular complexity index is 1150. The number of carbonyl (C=O) groups excluding carboxylic acids is 4. The summed E-state index contributed by atoms with van der Waals surface area (Å²) in [6, 6.07) is 11.2. The number of rotatable bonds is 4. The number of carbonyl (C=O) groups is 4. The molecule has 204 valence electrons. The van der Waals surface area contributed by atoms with Crippen LogP contribution in [0.5, 0.6) is 0 Å². The second-order valence-electron chi connectivity index (χ2n) is 10.7. The average Bonchev–Trinajstić information content (AvgIpc) is 3.44. The van der Waals surface area contributed by atoms with E-state index in [0.717, 1.165) is 30.4 Å². The van der Waals surface area contributed by atoms with E-state index in [0.29, 0.717) is 44.1 Å². The van der Waals surface area contributed by atoms with Gasteiger partial charge in [-0.05, 0) is 61.3 Å². The van der Waals surface area contributed by atoms with Gasteiger partial charge in [-0.25, -0.2) is 0 Å². The summed E-state index contributed by atoms with van der Waals surface area (Å²) in [6.07, 6.45) is 5.22. The Hall–Kier alpha value is -3.62. The maximum atomic E-state index is 13.8. The number of aryl methyl sites for hydroxylation is 1. The number of benzene rings is 1.